The molecule has 7 nitrogen and oxygen atoms in total. The van der Waals surface area contributed by atoms with Crippen LogP contribution in [0.15, 0.2) is 23.1 Å². The maximum absolute atomic E-state index is 12.6. The summed E-state index contributed by atoms with van der Waals surface area (Å²) in [7, 11) is -1.95. The van der Waals surface area contributed by atoms with E-state index in [-0.39, 0.29) is 34.1 Å². The molecule has 0 aromatic heterocycles. The van der Waals surface area contributed by atoms with Crippen LogP contribution in [0.1, 0.15) is 12.8 Å². The van der Waals surface area contributed by atoms with Crippen molar-refractivity contribution in [1.82, 2.24) is 9.62 Å². The minimum Gasteiger partial charge on any atom is -0.316 e. The summed E-state index contributed by atoms with van der Waals surface area (Å²) in [4.78, 5) is 9.97. The average molecular weight is 370 g/mol. The van der Waals surface area contributed by atoms with Gasteiger partial charge in [0.1, 0.15) is 4.90 Å². The quantitative estimate of drug-likeness (QED) is 0.647. The van der Waals surface area contributed by atoms with E-state index in [2.05, 4.69) is 5.32 Å². The van der Waals surface area contributed by atoms with Crippen molar-refractivity contribution < 1.29 is 13.3 Å². The Bertz CT molecular complexity index is 654. The maximum atomic E-state index is 12.6. The first-order valence-corrected chi connectivity index (χ1v) is 8.29. The van der Waals surface area contributed by atoms with E-state index in [0.29, 0.717) is 13.1 Å². The Balaban J connectivity index is 0.00000242. The van der Waals surface area contributed by atoms with E-state index in [9.17, 15) is 18.5 Å². The molecule has 1 fully saturated rings. The zero-order chi connectivity index (χ0) is 15.6. The Labute approximate surface area is 140 Å². The smallest absolute Gasteiger partial charge is 0.271 e. The molecule has 0 spiro atoms. The number of non-ortho nitro benzene ring substituents is 1. The highest BCUT2D eigenvalue weighted by molar-refractivity contribution is 7.89. The molecule has 0 bridgehead atoms. The fourth-order valence-corrected chi connectivity index (χ4v) is 4.38. The number of hydrogen-bond acceptors (Lipinski definition) is 5. The molecule has 1 aromatic carbocycles. The minimum absolute atomic E-state index is 0. The molecule has 0 saturated carbocycles. The number of nitro groups is 1. The van der Waals surface area contributed by atoms with Crippen LogP contribution in [0.5, 0.6) is 0 Å². The van der Waals surface area contributed by atoms with Crippen LogP contribution in [0.25, 0.3) is 0 Å². The highest BCUT2D eigenvalue weighted by atomic mass is 35.5. The molecule has 1 aromatic rings. The lowest BCUT2D eigenvalue weighted by Crippen LogP contribution is -2.46. The van der Waals surface area contributed by atoms with E-state index in [1.54, 1.807) is 7.05 Å². The van der Waals surface area contributed by atoms with Crippen LogP contribution in [0.4, 0.5) is 5.69 Å². The van der Waals surface area contributed by atoms with Gasteiger partial charge in [0, 0.05) is 31.3 Å². The molecular formula is C12H17Cl2N3O4S. The summed E-state index contributed by atoms with van der Waals surface area (Å²) in [6, 6.07) is 3.51. The topological polar surface area (TPSA) is 92.6 Å². The van der Waals surface area contributed by atoms with Crippen LogP contribution in [0, 0.1) is 10.1 Å². The van der Waals surface area contributed by atoms with E-state index in [4.69, 9.17) is 11.6 Å². The number of nitro benzene ring substituents is 1. The van der Waals surface area contributed by atoms with Gasteiger partial charge in [0.05, 0.1) is 9.95 Å². The van der Waals surface area contributed by atoms with Gasteiger partial charge >= 0.3 is 0 Å². The molecule has 1 aliphatic rings. The van der Waals surface area contributed by atoms with Gasteiger partial charge in [0.2, 0.25) is 10.0 Å². The van der Waals surface area contributed by atoms with E-state index < -0.39 is 14.9 Å². The van der Waals surface area contributed by atoms with Crippen LogP contribution < -0.4 is 5.32 Å². The van der Waals surface area contributed by atoms with Crippen molar-refractivity contribution in [2.75, 3.05) is 20.1 Å². The summed E-state index contributed by atoms with van der Waals surface area (Å²) in [5, 5.41) is 13.6. The zero-order valence-corrected chi connectivity index (χ0v) is 14.2. The van der Waals surface area contributed by atoms with Crippen LogP contribution >= 0.6 is 24.0 Å². The number of halogens is 2. The molecule has 1 aliphatic heterocycles. The lowest BCUT2D eigenvalue weighted by atomic mass is 10.1. The van der Waals surface area contributed by atoms with Crippen LogP contribution in [-0.4, -0.2) is 43.8 Å². The standard InChI is InChI=1S/C12H16ClN3O4S.ClH/c1-14-9-3-2-6-15(8-9)21(19,20)12-5-4-10(16(17)18)7-11(12)13;/h4-5,7,9,14H,2-3,6,8H2,1H3;1H. The van der Waals surface area contributed by atoms with Gasteiger partial charge in [-0.3, -0.25) is 10.1 Å². The molecule has 0 radical (unpaired) electrons. The second-order valence-corrected chi connectivity index (χ2v) is 7.18. The molecular weight excluding hydrogens is 353 g/mol. The normalized spacial score (nSPS) is 19.5. The lowest BCUT2D eigenvalue weighted by molar-refractivity contribution is -0.384. The average Bonchev–Trinajstić information content (AvgIpc) is 2.46. The second-order valence-electron chi connectivity index (χ2n) is 4.86. The highest BCUT2D eigenvalue weighted by Gasteiger charge is 2.31. The Morgan fingerprint density at radius 1 is 1.45 bits per heavy atom. The molecule has 0 amide bonds. The Morgan fingerprint density at radius 3 is 2.68 bits per heavy atom. The Morgan fingerprint density at radius 2 is 2.14 bits per heavy atom. The molecule has 2 rings (SSSR count). The summed E-state index contributed by atoms with van der Waals surface area (Å²) in [6.07, 6.45) is 1.67. The number of sulfonamides is 1. The molecule has 124 valence electrons. The third kappa shape index (κ3) is 3.88. The third-order valence-electron chi connectivity index (χ3n) is 3.54. The predicted octanol–water partition coefficient (Wildman–Crippen LogP) is 2.04. The summed E-state index contributed by atoms with van der Waals surface area (Å²) < 4.78 is 26.6. The maximum Gasteiger partial charge on any atom is 0.271 e. The van der Waals surface area contributed by atoms with Gasteiger partial charge in [0.15, 0.2) is 0 Å². The largest absolute Gasteiger partial charge is 0.316 e. The summed E-state index contributed by atoms with van der Waals surface area (Å²) in [6.45, 7) is 0.792. The molecule has 0 aliphatic carbocycles. The van der Waals surface area contributed by atoms with Gasteiger partial charge in [-0.05, 0) is 26.0 Å². The summed E-state index contributed by atoms with van der Waals surface area (Å²) in [5.41, 5.74) is -0.231. The van der Waals surface area contributed by atoms with Crippen molar-refractivity contribution in [3.8, 4) is 0 Å². The summed E-state index contributed by atoms with van der Waals surface area (Å²) in [5.74, 6) is 0. The highest BCUT2D eigenvalue weighted by Crippen LogP contribution is 2.29. The van der Waals surface area contributed by atoms with Crippen molar-refractivity contribution in [3.05, 3.63) is 33.3 Å². The third-order valence-corrected chi connectivity index (χ3v) is 5.88. The molecule has 1 saturated heterocycles. The van der Waals surface area contributed by atoms with Gasteiger partial charge in [-0.2, -0.15) is 4.31 Å². The number of hydrogen-bond donors (Lipinski definition) is 1. The number of piperidine rings is 1. The van der Waals surface area contributed by atoms with Crippen molar-refractivity contribution in [1.29, 1.82) is 0 Å². The number of nitrogens with zero attached hydrogens (tertiary/aromatic N) is 2. The van der Waals surface area contributed by atoms with E-state index >= 15 is 0 Å². The van der Waals surface area contributed by atoms with Crippen LogP contribution in [0.3, 0.4) is 0 Å². The molecule has 1 unspecified atom stereocenters. The minimum atomic E-state index is -3.74. The van der Waals surface area contributed by atoms with Crippen molar-refractivity contribution in [2.45, 2.75) is 23.8 Å². The van der Waals surface area contributed by atoms with E-state index in [0.717, 1.165) is 25.0 Å². The monoisotopic (exact) mass is 369 g/mol. The first kappa shape index (κ1) is 19.1. The predicted molar refractivity (Wildman–Crippen MR) is 86.2 cm³/mol. The molecule has 1 heterocycles. The van der Waals surface area contributed by atoms with E-state index in [1.807, 2.05) is 0 Å². The van der Waals surface area contributed by atoms with Crippen LogP contribution in [0.2, 0.25) is 5.02 Å². The first-order chi connectivity index (χ1) is 9.86. The van der Waals surface area contributed by atoms with Gasteiger partial charge in [0.25, 0.3) is 5.69 Å². The van der Waals surface area contributed by atoms with Gasteiger partial charge in [-0.25, -0.2) is 8.42 Å². The van der Waals surface area contributed by atoms with Gasteiger partial charge in [-0.15, -0.1) is 12.4 Å². The number of rotatable bonds is 4. The Kier molecular flexibility index (Phi) is 6.57. The zero-order valence-electron chi connectivity index (χ0n) is 11.9. The summed E-state index contributed by atoms with van der Waals surface area (Å²) >= 11 is 5.92. The molecule has 1 atom stereocenters. The molecule has 22 heavy (non-hydrogen) atoms. The lowest BCUT2D eigenvalue weighted by Gasteiger charge is -2.31. The molecule has 10 heteroatoms. The first-order valence-electron chi connectivity index (χ1n) is 6.47. The Hall–Kier alpha value is -0.930. The van der Waals surface area contributed by atoms with Crippen molar-refractivity contribution in [2.24, 2.45) is 0 Å². The number of likely N-dealkylation sites (N-methyl/N-ethyl adjacent to an activating group) is 1. The van der Waals surface area contributed by atoms with Gasteiger partial charge in [-0.1, -0.05) is 11.6 Å². The van der Waals surface area contributed by atoms with E-state index in [1.165, 1.54) is 10.4 Å². The fourth-order valence-electron chi connectivity index (χ4n) is 2.35. The SMILES string of the molecule is CNC1CCCN(S(=O)(=O)c2ccc([N+](=O)[O-])cc2Cl)C1.Cl. The van der Waals surface area contributed by atoms with Gasteiger partial charge < -0.3 is 5.32 Å². The number of benzene rings is 1. The number of nitrogens with one attached hydrogen (secondary N) is 1. The van der Waals surface area contributed by atoms with Crippen molar-refractivity contribution >= 4 is 39.7 Å². The van der Waals surface area contributed by atoms with Crippen LogP contribution in [-0.2, 0) is 10.0 Å². The second kappa shape index (κ2) is 7.56. The fraction of sp³-hybridized carbons (Fsp3) is 0.500. The molecule has 1 N–H and O–H groups in total. The van der Waals surface area contributed by atoms with Crippen molar-refractivity contribution in [3.63, 3.8) is 0 Å².